The van der Waals surface area contributed by atoms with E-state index >= 15 is 0 Å². The summed E-state index contributed by atoms with van der Waals surface area (Å²) >= 11 is 3.59. The smallest absolute Gasteiger partial charge is 0.0581 e. The lowest BCUT2D eigenvalue weighted by Gasteiger charge is -2.00. The van der Waals surface area contributed by atoms with Gasteiger partial charge in [0.25, 0.3) is 0 Å². The fourth-order valence-electron chi connectivity index (χ4n) is 1.66. The van der Waals surface area contributed by atoms with Crippen molar-refractivity contribution >= 4 is 22.7 Å². The molecule has 0 fully saturated rings. The largest absolute Gasteiger partial charge is 0.320 e. The van der Waals surface area contributed by atoms with Crippen molar-refractivity contribution in [3.8, 4) is 9.75 Å². The second-order valence-corrected chi connectivity index (χ2v) is 4.72. The van der Waals surface area contributed by atoms with E-state index in [1.165, 1.54) is 20.9 Å². The Labute approximate surface area is 78.5 Å². The van der Waals surface area contributed by atoms with Crippen molar-refractivity contribution in [2.75, 3.05) is 0 Å². The molecule has 0 spiro atoms. The van der Waals surface area contributed by atoms with Crippen LogP contribution in [0.15, 0.2) is 22.9 Å². The topological polar surface area (TPSA) is 26.0 Å². The van der Waals surface area contributed by atoms with Crippen LogP contribution in [0, 0.1) is 0 Å². The summed E-state index contributed by atoms with van der Waals surface area (Å²) in [7, 11) is 0. The van der Waals surface area contributed by atoms with Crippen molar-refractivity contribution in [3.05, 3.63) is 34.0 Å². The third-order valence-corrected chi connectivity index (χ3v) is 4.29. The normalized spacial score (nSPS) is 14.8. The molecule has 1 aliphatic rings. The van der Waals surface area contributed by atoms with Crippen LogP contribution in [0.4, 0.5) is 0 Å². The summed E-state index contributed by atoms with van der Waals surface area (Å²) in [5.41, 5.74) is 8.67. The van der Waals surface area contributed by atoms with E-state index in [4.69, 9.17) is 5.73 Å². The fraction of sp³-hybridized carbons (Fsp3) is 0.111. The predicted molar refractivity (Wildman–Crippen MR) is 53.7 cm³/mol. The van der Waals surface area contributed by atoms with Gasteiger partial charge in [-0.05, 0) is 34.0 Å². The van der Waals surface area contributed by atoms with Gasteiger partial charge in [0.1, 0.15) is 0 Å². The summed E-state index contributed by atoms with van der Waals surface area (Å²) in [6, 6.07) is 4.40. The Bertz CT molecular complexity index is 387. The quantitative estimate of drug-likeness (QED) is 0.684. The Morgan fingerprint density at radius 2 is 1.50 bits per heavy atom. The number of rotatable bonds is 0. The van der Waals surface area contributed by atoms with Crippen LogP contribution < -0.4 is 5.73 Å². The van der Waals surface area contributed by atoms with Gasteiger partial charge in [-0.25, -0.2) is 0 Å². The summed E-state index contributed by atoms with van der Waals surface area (Å²) < 4.78 is 0. The number of fused-ring (bicyclic) bond motifs is 3. The van der Waals surface area contributed by atoms with Crippen LogP contribution in [0.2, 0.25) is 0 Å². The van der Waals surface area contributed by atoms with Crippen LogP contribution in [0.25, 0.3) is 9.75 Å². The van der Waals surface area contributed by atoms with Gasteiger partial charge >= 0.3 is 0 Å². The standard InChI is InChI=1S/C9H7NS2/c10-7-5-1-3-11-8(5)9-6(7)2-4-12-9/h1-4,7H,10H2. The van der Waals surface area contributed by atoms with E-state index in [1.54, 1.807) is 22.7 Å². The Kier molecular flexibility index (Phi) is 1.25. The zero-order chi connectivity index (χ0) is 8.13. The van der Waals surface area contributed by atoms with Crippen molar-refractivity contribution in [2.45, 2.75) is 6.04 Å². The molecule has 1 nitrogen and oxygen atoms in total. The van der Waals surface area contributed by atoms with E-state index < -0.39 is 0 Å². The Balaban J connectivity index is 2.39. The van der Waals surface area contributed by atoms with Crippen molar-refractivity contribution in [2.24, 2.45) is 5.73 Å². The van der Waals surface area contributed by atoms with Crippen molar-refractivity contribution in [1.82, 2.24) is 0 Å². The van der Waals surface area contributed by atoms with Crippen LogP contribution in [-0.4, -0.2) is 0 Å². The molecule has 3 heteroatoms. The second kappa shape index (κ2) is 2.19. The zero-order valence-electron chi connectivity index (χ0n) is 6.28. The first-order valence-electron chi connectivity index (χ1n) is 3.78. The summed E-state index contributed by atoms with van der Waals surface area (Å²) in [5.74, 6) is 0. The lowest BCUT2D eigenvalue weighted by molar-refractivity contribution is 0.906. The van der Waals surface area contributed by atoms with E-state index in [-0.39, 0.29) is 6.04 Å². The molecular formula is C9H7NS2. The molecule has 0 aromatic carbocycles. The van der Waals surface area contributed by atoms with Crippen molar-refractivity contribution in [3.63, 3.8) is 0 Å². The third-order valence-electron chi connectivity index (χ3n) is 2.27. The fourth-order valence-corrected chi connectivity index (χ4v) is 3.77. The number of nitrogens with two attached hydrogens (primary N) is 1. The van der Waals surface area contributed by atoms with Crippen LogP contribution >= 0.6 is 22.7 Å². The van der Waals surface area contributed by atoms with Crippen LogP contribution in [-0.2, 0) is 0 Å². The summed E-state index contributed by atoms with van der Waals surface area (Å²) in [5, 5.41) is 4.24. The van der Waals surface area contributed by atoms with Gasteiger partial charge in [0, 0.05) is 9.75 Å². The highest BCUT2D eigenvalue weighted by atomic mass is 32.1. The highest BCUT2D eigenvalue weighted by Gasteiger charge is 2.27. The molecule has 2 aromatic heterocycles. The number of hydrogen-bond donors (Lipinski definition) is 1. The maximum atomic E-state index is 6.06. The monoisotopic (exact) mass is 193 g/mol. The molecule has 2 N–H and O–H groups in total. The Morgan fingerprint density at radius 3 is 2.00 bits per heavy atom. The minimum absolute atomic E-state index is 0.132. The Hall–Kier alpha value is -0.640. The maximum Gasteiger partial charge on any atom is 0.0581 e. The first-order valence-corrected chi connectivity index (χ1v) is 5.54. The van der Waals surface area contributed by atoms with Gasteiger partial charge in [0.2, 0.25) is 0 Å². The van der Waals surface area contributed by atoms with Gasteiger partial charge < -0.3 is 5.73 Å². The molecule has 1 aliphatic carbocycles. The third kappa shape index (κ3) is 0.665. The summed E-state index contributed by atoms with van der Waals surface area (Å²) in [4.78, 5) is 2.76. The molecule has 0 unspecified atom stereocenters. The van der Waals surface area contributed by atoms with E-state index in [9.17, 15) is 0 Å². The molecule has 0 saturated carbocycles. The highest BCUT2D eigenvalue weighted by molar-refractivity contribution is 7.20. The molecule has 0 aliphatic heterocycles. The molecule has 0 bridgehead atoms. The van der Waals surface area contributed by atoms with Gasteiger partial charge in [-0.1, -0.05) is 0 Å². The maximum absolute atomic E-state index is 6.06. The molecule has 2 aromatic rings. The minimum Gasteiger partial charge on any atom is -0.320 e. The van der Waals surface area contributed by atoms with E-state index in [0.717, 1.165) is 0 Å². The molecule has 0 saturated heterocycles. The Morgan fingerprint density at radius 1 is 1.00 bits per heavy atom. The van der Waals surface area contributed by atoms with Crippen LogP contribution in [0.1, 0.15) is 17.2 Å². The minimum atomic E-state index is 0.132. The van der Waals surface area contributed by atoms with E-state index in [0.29, 0.717) is 0 Å². The lowest BCUT2D eigenvalue weighted by atomic mass is 10.1. The van der Waals surface area contributed by atoms with E-state index in [1.807, 2.05) is 0 Å². The zero-order valence-corrected chi connectivity index (χ0v) is 7.91. The molecule has 12 heavy (non-hydrogen) atoms. The molecule has 0 radical (unpaired) electrons. The molecule has 60 valence electrons. The van der Waals surface area contributed by atoms with Gasteiger partial charge in [-0.2, -0.15) is 0 Å². The molecule has 2 heterocycles. The lowest BCUT2D eigenvalue weighted by Crippen LogP contribution is -2.06. The van der Waals surface area contributed by atoms with Gasteiger partial charge in [0.05, 0.1) is 6.04 Å². The average Bonchev–Trinajstić information content (AvgIpc) is 2.72. The van der Waals surface area contributed by atoms with Crippen molar-refractivity contribution in [1.29, 1.82) is 0 Å². The number of thiophene rings is 2. The van der Waals surface area contributed by atoms with E-state index in [2.05, 4.69) is 22.9 Å². The molecule has 3 rings (SSSR count). The average molecular weight is 193 g/mol. The van der Waals surface area contributed by atoms with Gasteiger partial charge in [-0.3, -0.25) is 0 Å². The van der Waals surface area contributed by atoms with Gasteiger partial charge in [0.15, 0.2) is 0 Å². The summed E-state index contributed by atoms with van der Waals surface area (Å²) in [6.45, 7) is 0. The van der Waals surface area contributed by atoms with Crippen LogP contribution in [0.5, 0.6) is 0 Å². The highest BCUT2D eigenvalue weighted by Crippen LogP contribution is 2.47. The second-order valence-electron chi connectivity index (χ2n) is 2.89. The predicted octanol–water partition coefficient (Wildman–Crippen LogP) is 2.84. The van der Waals surface area contributed by atoms with Gasteiger partial charge in [-0.15, -0.1) is 22.7 Å². The number of hydrogen-bond acceptors (Lipinski definition) is 3. The first-order chi connectivity index (χ1) is 5.88. The first kappa shape index (κ1) is 6.83. The molecule has 0 atom stereocenters. The van der Waals surface area contributed by atoms with Crippen molar-refractivity contribution < 1.29 is 0 Å². The van der Waals surface area contributed by atoms with Crippen LogP contribution in [0.3, 0.4) is 0 Å². The molecule has 0 amide bonds. The summed E-state index contributed by atoms with van der Waals surface area (Å²) in [6.07, 6.45) is 0. The SMILES string of the molecule is NC1c2ccsc2-c2sccc21. The molecular weight excluding hydrogens is 186 g/mol.